The molecule has 5 nitrogen and oxygen atoms in total. The second kappa shape index (κ2) is 8.71. The Kier molecular flexibility index (Phi) is 5.98. The van der Waals surface area contributed by atoms with Gasteiger partial charge in [0.25, 0.3) is 5.91 Å². The first kappa shape index (κ1) is 22.0. The molecule has 2 amide bonds. The maximum atomic E-state index is 14.6. The molecule has 1 aliphatic rings. The molecule has 0 spiro atoms. The number of benzene rings is 2. The van der Waals surface area contributed by atoms with Crippen LogP contribution in [0.5, 0.6) is 0 Å². The van der Waals surface area contributed by atoms with Gasteiger partial charge in [-0.3, -0.25) is 14.6 Å². The number of aromatic nitrogens is 1. The third kappa shape index (κ3) is 3.98. The fraction of sp³-hybridized carbons (Fsp3) is 0.240. The second-order valence-corrected chi connectivity index (χ2v) is 8.51. The van der Waals surface area contributed by atoms with Crippen molar-refractivity contribution in [2.24, 2.45) is 5.73 Å². The number of hydrogen-bond donors (Lipinski definition) is 1. The summed E-state index contributed by atoms with van der Waals surface area (Å²) >= 11 is 6.15. The number of fused-ring (bicyclic) bond motifs is 1. The summed E-state index contributed by atoms with van der Waals surface area (Å²) in [6, 6.07) is 12.0. The van der Waals surface area contributed by atoms with Crippen LogP contribution in [0, 0.1) is 19.7 Å². The number of rotatable bonds is 5. The van der Waals surface area contributed by atoms with Crippen molar-refractivity contribution in [3.05, 3.63) is 99.1 Å². The maximum Gasteiger partial charge on any atom is 0.257 e. The molecule has 4 rings (SSSR count). The van der Waals surface area contributed by atoms with Crippen molar-refractivity contribution in [2.45, 2.75) is 38.8 Å². The van der Waals surface area contributed by atoms with Crippen molar-refractivity contribution in [1.82, 2.24) is 9.88 Å². The zero-order valence-corrected chi connectivity index (χ0v) is 18.6. The van der Waals surface area contributed by atoms with Crippen molar-refractivity contribution in [3.8, 4) is 0 Å². The van der Waals surface area contributed by atoms with Crippen LogP contribution >= 0.6 is 11.6 Å². The lowest BCUT2D eigenvalue weighted by molar-refractivity contribution is -0.123. The summed E-state index contributed by atoms with van der Waals surface area (Å²) in [5.41, 5.74) is 9.47. The highest BCUT2D eigenvalue weighted by molar-refractivity contribution is 6.30. The molecule has 3 aromatic rings. The third-order valence-corrected chi connectivity index (χ3v) is 6.19. The Labute approximate surface area is 191 Å². The number of carbonyl (C=O) groups excluding carboxylic acids is 2. The van der Waals surface area contributed by atoms with Crippen LogP contribution in [0.3, 0.4) is 0 Å². The van der Waals surface area contributed by atoms with E-state index >= 15 is 0 Å². The normalized spacial score (nSPS) is 15.8. The molecule has 1 aliphatic carbocycles. The first-order valence-corrected chi connectivity index (χ1v) is 10.7. The van der Waals surface area contributed by atoms with E-state index in [1.165, 1.54) is 11.0 Å². The van der Waals surface area contributed by atoms with Gasteiger partial charge in [0.05, 0.1) is 11.6 Å². The Morgan fingerprint density at radius 3 is 2.56 bits per heavy atom. The van der Waals surface area contributed by atoms with E-state index in [1.807, 2.05) is 19.1 Å². The first-order valence-electron chi connectivity index (χ1n) is 10.4. The SMILES string of the molecule is Cc1ccc([C@H](C(N)=O)N(C(=O)c2cccnc2C)[C@@H]2CCc3c(F)cc(Cl)cc32)cc1. The molecule has 2 atom stereocenters. The average Bonchev–Trinajstić information content (AvgIpc) is 3.16. The quantitative estimate of drug-likeness (QED) is 0.602. The van der Waals surface area contributed by atoms with Gasteiger partial charge in [0, 0.05) is 16.9 Å². The molecule has 164 valence electrons. The van der Waals surface area contributed by atoms with E-state index in [0.29, 0.717) is 40.8 Å². The van der Waals surface area contributed by atoms with Gasteiger partial charge in [0.15, 0.2) is 0 Å². The minimum Gasteiger partial charge on any atom is -0.368 e. The molecule has 1 aromatic heterocycles. The van der Waals surface area contributed by atoms with Gasteiger partial charge in [0.2, 0.25) is 5.91 Å². The van der Waals surface area contributed by atoms with Crippen molar-refractivity contribution >= 4 is 23.4 Å². The summed E-state index contributed by atoms with van der Waals surface area (Å²) in [6.07, 6.45) is 2.48. The molecule has 1 heterocycles. The molecule has 0 bridgehead atoms. The molecule has 32 heavy (non-hydrogen) atoms. The molecule has 2 aromatic carbocycles. The van der Waals surface area contributed by atoms with Crippen LogP contribution in [0.1, 0.15) is 56.8 Å². The van der Waals surface area contributed by atoms with Crippen LogP contribution < -0.4 is 5.73 Å². The summed E-state index contributed by atoms with van der Waals surface area (Å²) in [5.74, 6) is -1.47. The smallest absolute Gasteiger partial charge is 0.257 e. The van der Waals surface area contributed by atoms with Gasteiger partial charge in [-0.2, -0.15) is 0 Å². The molecule has 0 fully saturated rings. The number of primary amides is 1. The molecule has 7 heteroatoms. The van der Waals surface area contributed by atoms with Crippen LogP contribution in [-0.2, 0) is 11.2 Å². The first-order chi connectivity index (χ1) is 15.3. The highest BCUT2D eigenvalue weighted by atomic mass is 35.5. The summed E-state index contributed by atoms with van der Waals surface area (Å²) < 4.78 is 14.6. The monoisotopic (exact) mass is 451 g/mol. The van der Waals surface area contributed by atoms with E-state index in [9.17, 15) is 14.0 Å². The lowest BCUT2D eigenvalue weighted by Crippen LogP contribution is -2.43. The summed E-state index contributed by atoms with van der Waals surface area (Å²) in [5, 5.41) is 0.240. The Balaban J connectivity index is 1.90. The Hall–Kier alpha value is -3.25. The summed E-state index contributed by atoms with van der Waals surface area (Å²) in [7, 11) is 0. The van der Waals surface area contributed by atoms with Gasteiger partial charge in [-0.15, -0.1) is 0 Å². The van der Waals surface area contributed by atoms with Gasteiger partial charge < -0.3 is 10.6 Å². The zero-order valence-electron chi connectivity index (χ0n) is 17.8. The van der Waals surface area contributed by atoms with Gasteiger partial charge in [0.1, 0.15) is 11.9 Å². The van der Waals surface area contributed by atoms with Crippen molar-refractivity contribution < 1.29 is 14.0 Å². The number of pyridine rings is 1. The van der Waals surface area contributed by atoms with E-state index in [-0.39, 0.29) is 5.02 Å². The largest absolute Gasteiger partial charge is 0.368 e. The van der Waals surface area contributed by atoms with E-state index in [1.54, 1.807) is 43.5 Å². The second-order valence-electron chi connectivity index (χ2n) is 8.07. The Bertz CT molecular complexity index is 1200. The summed E-state index contributed by atoms with van der Waals surface area (Å²) in [4.78, 5) is 32.3. The van der Waals surface area contributed by atoms with Gasteiger partial charge in [-0.25, -0.2) is 4.39 Å². The highest BCUT2D eigenvalue weighted by Gasteiger charge is 2.40. The van der Waals surface area contributed by atoms with E-state index < -0.39 is 29.7 Å². The number of amides is 2. The van der Waals surface area contributed by atoms with Crippen LogP contribution in [0.15, 0.2) is 54.7 Å². The predicted molar refractivity (Wildman–Crippen MR) is 121 cm³/mol. The number of halogens is 2. The molecule has 0 aliphatic heterocycles. The number of aryl methyl sites for hydroxylation is 2. The Morgan fingerprint density at radius 2 is 1.91 bits per heavy atom. The van der Waals surface area contributed by atoms with E-state index in [2.05, 4.69) is 4.98 Å². The Morgan fingerprint density at radius 1 is 1.19 bits per heavy atom. The fourth-order valence-electron chi connectivity index (χ4n) is 4.41. The molecule has 2 N–H and O–H groups in total. The molecular formula is C25H23ClFN3O2. The van der Waals surface area contributed by atoms with E-state index in [4.69, 9.17) is 17.3 Å². The van der Waals surface area contributed by atoms with Crippen LogP contribution in [0.25, 0.3) is 0 Å². The molecule has 0 radical (unpaired) electrons. The van der Waals surface area contributed by atoms with Crippen LogP contribution in [0.2, 0.25) is 5.02 Å². The average molecular weight is 452 g/mol. The van der Waals surface area contributed by atoms with Crippen molar-refractivity contribution in [1.29, 1.82) is 0 Å². The minimum absolute atomic E-state index is 0.240. The van der Waals surface area contributed by atoms with Gasteiger partial charge >= 0.3 is 0 Å². The summed E-state index contributed by atoms with van der Waals surface area (Å²) in [6.45, 7) is 3.67. The van der Waals surface area contributed by atoms with Crippen LogP contribution in [-0.4, -0.2) is 21.7 Å². The molecular weight excluding hydrogens is 429 g/mol. The lowest BCUT2D eigenvalue weighted by Gasteiger charge is -2.36. The fourth-order valence-corrected chi connectivity index (χ4v) is 4.62. The lowest BCUT2D eigenvalue weighted by atomic mass is 9.97. The topological polar surface area (TPSA) is 76.3 Å². The highest BCUT2D eigenvalue weighted by Crippen LogP contribution is 2.43. The van der Waals surface area contributed by atoms with Crippen LogP contribution in [0.4, 0.5) is 4.39 Å². The minimum atomic E-state index is -1.04. The predicted octanol–water partition coefficient (Wildman–Crippen LogP) is 4.85. The molecule has 0 saturated heterocycles. The van der Waals surface area contributed by atoms with E-state index in [0.717, 1.165) is 5.56 Å². The van der Waals surface area contributed by atoms with Crippen molar-refractivity contribution in [2.75, 3.05) is 0 Å². The number of nitrogens with zero attached hydrogens (tertiary/aromatic N) is 2. The standard InChI is InChI=1S/C25H23ClFN3O2/c1-14-5-7-16(8-6-14)23(24(28)31)30(25(32)18-4-3-11-29-15(18)2)22-10-9-19-20(22)12-17(26)13-21(19)27/h3-8,11-13,22-23H,9-10H2,1-2H3,(H2,28,31)/t22-,23-/m1/s1. The number of hydrogen-bond acceptors (Lipinski definition) is 3. The zero-order chi connectivity index (χ0) is 23.0. The van der Waals surface area contributed by atoms with Crippen molar-refractivity contribution in [3.63, 3.8) is 0 Å². The maximum absolute atomic E-state index is 14.6. The third-order valence-electron chi connectivity index (χ3n) is 5.97. The van der Waals surface area contributed by atoms with Gasteiger partial charge in [-0.1, -0.05) is 41.4 Å². The number of nitrogens with two attached hydrogens (primary N) is 1. The number of carbonyl (C=O) groups is 2. The molecule has 0 unspecified atom stereocenters. The molecule has 0 saturated carbocycles. The van der Waals surface area contributed by atoms with Gasteiger partial charge in [-0.05, 0) is 67.6 Å².